The molecular weight excluding hydrogens is 375 g/mol. The summed E-state index contributed by atoms with van der Waals surface area (Å²) in [6.07, 6.45) is 3.22. The van der Waals surface area contributed by atoms with Crippen LogP contribution in [-0.2, 0) is 16.0 Å². The zero-order chi connectivity index (χ0) is 18.9. The largest absolute Gasteiger partial charge is 0.480 e. The van der Waals surface area contributed by atoms with Gasteiger partial charge in [-0.2, -0.15) is 0 Å². The van der Waals surface area contributed by atoms with Gasteiger partial charge in [-0.15, -0.1) is 23.2 Å². The van der Waals surface area contributed by atoms with Crippen molar-refractivity contribution < 1.29 is 14.7 Å². The number of rotatable bonds is 10. The summed E-state index contributed by atoms with van der Waals surface area (Å²) in [5.74, 6) is 0.148. The van der Waals surface area contributed by atoms with Gasteiger partial charge in [-0.25, -0.2) is 4.79 Å². The monoisotopic (exact) mass is 400 g/mol. The number of hydrogen-bond donors (Lipinski definition) is 1. The molecule has 0 bridgehead atoms. The van der Waals surface area contributed by atoms with Crippen molar-refractivity contribution in [3.05, 3.63) is 29.8 Å². The van der Waals surface area contributed by atoms with Crippen LogP contribution in [0.25, 0.3) is 0 Å². The highest BCUT2D eigenvalue weighted by atomic mass is 35.5. The smallest absolute Gasteiger partial charge is 0.326 e. The third kappa shape index (κ3) is 5.78. The molecule has 1 amide bonds. The van der Waals surface area contributed by atoms with E-state index in [4.69, 9.17) is 28.3 Å². The normalized spacial score (nSPS) is 16.7. The second-order valence-corrected chi connectivity index (χ2v) is 7.22. The number of benzene rings is 1. The lowest BCUT2D eigenvalue weighted by atomic mass is 10.1. The van der Waals surface area contributed by atoms with E-state index in [1.54, 1.807) is 0 Å². The number of anilines is 1. The molecule has 1 aliphatic rings. The molecule has 1 N–H and O–H groups in total. The molecule has 0 spiro atoms. The first-order valence-corrected chi connectivity index (χ1v) is 10.1. The fourth-order valence-corrected chi connectivity index (χ4v) is 3.76. The summed E-state index contributed by atoms with van der Waals surface area (Å²) >= 11 is 11.7. The van der Waals surface area contributed by atoms with Crippen LogP contribution in [0.3, 0.4) is 0 Å². The average molecular weight is 401 g/mol. The van der Waals surface area contributed by atoms with E-state index in [0.29, 0.717) is 37.6 Å². The molecule has 1 aromatic carbocycles. The number of carboxylic acid groups (broad SMARTS) is 1. The minimum atomic E-state index is -0.898. The van der Waals surface area contributed by atoms with E-state index >= 15 is 0 Å². The Hall–Kier alpha value is -1.46. The molecule has 0 aliphatic carbocycles. The third-order valence-electron chi connectivity index (χ3n) is 4.72. The summed E-state index contributed by atoms with van der Waals surface area (Å²) in [5.41, 5.74) is 2.25. The van der Waals surface area contributed by atoms with Gasteiger partial charge in [-0.05, 0) is 43.4 Å². The molecule has 144 valence electrons. The van der Waals surface area contributed by atoms with Crippen molar-refractivity contribution >= 4 is 40.8 Å². The van der Waals surface area contributed by atoms with Gasteiger partial charge in [0.15, 0.2) is 0 Å². The Morgan fingerprint density at radius 1 is 1.15 bits per heavy atom. The van der Waals surface area contributed by atoms with Crippen molar-refractivity contribution in [2.24, 2.45) is 0 Å². The summed E-state index contributed by atoms with van der Waals surface area (Å²) in [4.78, 5) is 27.1. The molecule has 1 aromatic rings. The van der Waals surface area contributed by atoms with Crippen LogP contribution in [0.15, 0.2) is 24.3 Å². The van der Waals surface area contributed by atoms with Crippen LogP contribution in [0.5, 0.6) is 0 Å². The number of carboxylic acids is 1. The van der Waals surface area contributed by atoms with E-state index in [-0.39, 0.29) is 5.91 Å². The SMILES string of the molecule is O=C(O)C1CCCN1C(=O)CCCc1ccc(N(CCCl)CCCl)cc1. The molecule has 0 radical (unpaired) electrons. The van der Waals surface area contributed by atoms with E-state index in [1.165, 1.54) is 4.90 Å². The zero-order valence-electron chi connectivity index (χ0n) is 14.9. The highest BCUT2D eigenvalue weighted by molar-refractivity contribution is 6.18. The second kappa shape index (κ2) is 10.6. The lowest BCUT2D eigenvalue weighted by Crippen LogP contribution is -2.40. The fourth-order valence-electron chi connectivity index (χ4n) is 3.36. The van der Waals surface area contributed by atoms with Crippen molar-refractivity contribution in [2.75, 3.05) is 36.3 Å². The standard InChI is InChI=1S/C19H26Cl2N2O3/c20-10-13-22(14-11-21)16-8-6-15(7-9-16)3-1-5-18(24)23-12-2-4-17(23)19(25)26/h6-9,17H,1-5,10-14H2,(H,25,26). The molecule has 2 rings (SSSR count). The number of aliphatic carboxylic acids is 1. The summed E-state index contributed by atoms with van der Waals surface area (Å²) < 4.78 is 0. The Bertz CT molecular complexity index is 589. The second-order valence-electron chi connectivity index (χ2n) is 6.47. The highest BCUT2D eigenvalue weighted by Crippen LogP contribution is 2.20. The first kappa shape index (κ1) is 20.8. The first-order valence-electron chi connectivity index (χ1n) is 9.05. The predicted molar refractivity (Wildman–Crippen MR) is 105 cm³/mol. The number of alkyl halides is 2. The van der Waals surface area contributed by atoms with E-state index in [0.717, 1.165) is 37.2 Å². The molecular formula is C19H26Cl2N2O3. The van der Waals surface area contributed by atoms with Crippen LogP contribution in [0.4, 0.5) is 5.69 Å². The van der Waals surface area contributed by atoms with Gasteiger partial charge in [0.25, 0.3) is 0 Å². The molecule has 0 saturated carbocycles. The van der Waals surface area contributed by atoms with Gasteiger partial charge < -0.3 is 14.9 Å². The van der Waals surface area contributed by atoms with Crippen molar-refractivity contribution in [1.82, 2.24) is 4.90 Å². The van der Waals surface area contributed by atoms with E-state index < -0.39 is 12.0 Å². The quantitative estimate of drug-likeness (QED) is 0.611. The van der Waals surface area contributed by atoms with Gasteiger partial charge in [-0.3, -0.25) is 4.79 Å². The summed E-state index contributed by atoms with van der Waals surface area (Å²) in [5, 5.41) is 9.17. The topological polar surface area (TPSA) is 60.9 Å². The van der Waals surface area contributed by atoms with Gasteiger partial charge in [-0.1, -0.05) is 12.1 Å². The maximum Gasteiger partial charge on any atom is 0.326 e. The van der Waals surface area contributed by atoms with Gasteiger partial charge in [0, 0.05) is 43.5 Å². The number of amides is 1. The summed E-state index contributed by atoms with van der Waals surface area (Å²) in [6.45, 7) is 2.06. The van der Waals surface area contributed by atoms with Crippen molar-refractivity contribution in [2.45, 2.75) is 38.1 Å². The fraction of sp³-hybridized carbons (Fsp3) is 0.579. The van der Waals surface area contributed by atoms with Crippen molar-refractivity contribution in [3.63, 3.8) is 0 Å². The minimum absolute atomic E-state index is 0.0538. The van der Waals surface area contributed by atoms with Crippen LogP contribution < -0.4 is 4.90 Å². The van der Waals surface area contributed by atoms with Gasteiger partial charge >= 0.3 is 5.97 Å². The minimum Gasteiger partial charge on any atom is -0.480 e. The molecule has 1 atom stereocenters. The van der Waals surface area contributed by atoms with Crippen LogP contribution in [0, 0.1) is 0 Å². The molecule has 26 heavy (non-hydrogen) atoms. The first-order chi connectivity index (χ1) is 12.6. The van der Waals surface area contributed by atoms with Crippen molar-refractivity contribution in [1.29, 1.82) is 0 Å². The third-order valence-corrected chi connectivity index (χ3v) is 5.06. The Kier molecular flexibility index (Phi) is 8.52. The van der Waals surface area contributed by atoms with E-state index in [9.17, 15) is 9.59 Å². The lowest BCUT2D eigenvalue weighted by Gasteiger charge is -2.23. The average Bonchev–Trinajstić information content (AvgIpc) is 3.12. The molecule has 7 heteroatoms. The Labute approximate surface area is 164 Å². The molecule has 0 aromatic heterocycles. The van der Waals surface area contributed by atoms with Gasteiger partial charge in [0.05, 0.1) is 0 Å². The van der Waals surface area contributed by atoms with Gasteiger partial charge in [0.2, 0.25) is 5.91 Å². The van der Waals surface area contributed by atoms with E-state index in [2.05, 4.69) is 29.2 Å². The summed E-state index contributed by atoms with van der Waals surface area (Å²) in [7, 11) is 0. The molecule has 1 fully saturated rings. The van der Waals surface area contributed by atoms with Gasteiger partial charge in [0.1, 0.15) is 6.04 Å². The predicted octanol–water partition coefficient (Wildman–Crippen LogP) is 3.37. The highest BCUT2D eigenvalue weighted by Gasteiger charge is 2.33. The maximum atomic E-state index is 12.3. The van der Waals surface area contributed by atoms with Crippen LogP contribution in [0.2, 0.25) is 0 Å². The van der Waals surface area contributed by atoms with Crippen LogP contribution in [0.1, 0.15) is 31.2 Å². The van der Waals surface area contributed by atoms with Crippen molar-refractivity contribution in [3.8, 4) is 0 Å². The lowest BCUT2D eigenvalue weighted by molar-refractivity contribution is -0.148. The zero-order valence-corrected chi connectivity index (χ0v) is 16.4. The number of hydrogen-bond acceptors (Lipinski definition) is 3. The molecule has 1 heterocycles. The van der Waals surface area contributed by atoms with Crippen LogP contribution >= 0.6 is 23.2 Å². The molecule has 1 unspecified atom stereocenters. The molecule has 1 saturated heterocycles. The number of carbonyl (C=O) groups excluding carboxylic acids is 1. The van der Waals surface area contributed by atoms with E-state index in [1.807, 2.05) is 0 Å². The maximum absolute atomic E-state index is 12.3. The number of aryl methyl sites for hydroxylation is 1. The number of halogens is 2. The summed E-state index contributed by atoms with van der Waals surface area (Å²) in [6, 6.07) is 7.58. The Morgan fingerprint density at radius 3 is 2.38 bits per heavy atom. The number of nitrogens with zero attached hydrogens (tertiary/aromatic N) is 2. The van der Waals surface area contributed by atoms with Crippen LogP contribution in [-0.4, -0.2) is 59.3 Å². The molecule has 1 aliphatic heterocycles. The number of likely N-dealkylation sites (tertiary alicyclic amines) is 1. The number of carbonyl (C=O) groups is 2. The molecule has 5 nitrogen and oxygen atoms in total. The Balaban J connectivity index is 1.82. The Morgan fingerprint density at radius 2 is 1.81 bits per heavy atom.